The van der Waals surface area contributed by atoms with Gasteiger partial charge in [0.25, 0.3) is 5.91 Å². The van der Waals surface area contributed by atoms with E-state index < -0.39 is 5.82 Å². The van der Waals surface area contributed by atoms with E-state index in [0.717, 1.165) is 16.0 Å². The SMILES string of the molecule is CSc1ccc(C=C2N=C(c3ccccc3)N(c3nc4cc(Cl)c(F)cc4s3)C2=O)cc1. The minimum Gasteiger partial charge on any atom is -0.266 e. The lowest BCUT2D eigenvalue weighted by molar-refractivity contribution is -0.113. The fraction of sp³-hybridized carbons (Fsp3) is 0.0417. The second-order valence-corrected chi connectivity index (χ2v) is 9.27. The average molecular weight is 480 g/mol. The number of amidine groups is 1. The van der Waals surface area contributed by atoms with Crippen LogP contribution in [-0.4, -0.2) is 23.0 Å². The average Bonchev–Trinajstić information content (AvgIpc) is 3.35. The zero-order chi connectivity index (χ0) is 22.2. The number of anilines is 1. The van der Waals surface area contributed by atoms with Crippen molar-refractivity contribution in [2.45, 2.75) is 4.90 Å². The highest BCUT2D eigenvalue weighted by atomic mass is 35.5. The van der Waals surface area contributed by atoms with E-state index in [4.69, 9.17) is 11.6 Å². The molecule has 3 aromatic carbocycles. The number of halogens is 2. The molecule has 0 fully saturated rings. The van der Waals surface area contributed by atoms with Gasteiger partial charge in [0.05, 0.1) is 15.2 Å². The molecule has 158 valence electrons. The van der Waals surface area contributed by atoms with Crippen molar-refractivity contribution in [3.8, 4) is 0 Å². The fourth-order valence-electron chi connectivity index (χ4n) is 3.34. The second kappa shape index (κ2) is 8.50. The third-order valence-electron chi connectivity index (χ3n) is 4.92. The Bertz CT molecular complexity index is 1360. The minimum atomic E-state index is -0.520. The number of rotatable bonds is 4. The summed E-state index contributed by atoms with van der Waals surface area (Å²) in [6.07, 6.45) is 3.78. The number of nitrogens with zero attached hydrogens (tertiary/aromatic N) is 3. The van der Waals surface area contributed by atoms with Crippen molar-refractivity contribution in [1.29, 1.82) is 0 Å². The lowest BCUT2D eigenvalue weighted by atomic mass is 10.2. The van der Waals surface area contributed by atoms with Crippen LogP contribution in [0.2, 0.25) is 5.02 Å². The molecule has 4 aromatic rings. The van der Waals surface area contributed by atoms with Crippen molar-refractivity contribution in [3.63, 3.8) is 0 Å². The van der Waals surface area contributed by atoms with Gasteiger partial charge >= 0.3 is 0 Å². The highest BCUT2D eigenvalue weighted by molar-refractivity contribution is 7.98. The van der Waals surface area contributed by atoms with E-state index in [9.17, 15) is 9.18 Å². The molecule has 2 heterocycles. The number of hydrogen-bond acceptors (Lipinski definition) is 5. The predicted octanol–water partition coefficient (Wildman–Crippen LogP) is 6.65. The van der Waals surface area contributed by atoms with E-state index in [-0.39, 0.29) is 10.9 Å². The van der Waals surface area contributed by atoms with Crippen LogP contribution in [0.3, 0.4) is 0 Å². The maximum Gasteiger partial charge on any atom is 0.284 e. The van der Waals surface area contributed by atoms with Crippen LogP contribution in [0, 0.1) is 5.82 Å². The molecular weight excluding hydrogens is 465 g/mol. The van der Waals surface area contributed by atoms with Crippen molar-refractivity contribution in [3.05, 3.63) is 94.4 Å². The van der Waals surface area contributed by atoms with Gasteiger partial charge in [-0.1, -0.05) is 65.4 Å². The standard InChI is InChI=1S/C24H15ClFN3OS2/c1-31-16-9-7-14(8-10-16)11-20-23(30)29(22(27-20)15-5-3-2-4-6-15)24-28-19-12-17(25)18(26)13-21(19)32-24/h2-13H,1H3. The van der Waals surface area contributed by atoms with Crippen molar-refractivity contribution >= 4 is 67.9 Å². The Labute approximate surface area is 197 Å². The highest BCUT2D eigenvalue weighted by Crippen LogP contribution is 2.36. The molecule has 0 N–H and O–H groups in total. The first-order chi connectivity index (χ1) is 15.5. The first kappa shape index (κ1) is 20.9. The van der Waals surface area contributed by atoms with Crippen LogP contribution < -0.4 is 4.90 Å². The Kier molecular flexibility index (Phi) is 5.55. The van der Waals surface area contributed by atoms with Crippen LogP contribution in [0.4, 0.5) is 9.52 Å². The number of amides is 1. The summed E-state index contributed by atoms with van der Waals surface area (Å²) in [6, 6.07) is 20.2. The van der Waals surface area contributed by atoms with Crippen LogP contribution in [0.5, 0.6) is 0 Å². The van der Waals surface area contributed by atoms with Crippen molar-refractivity contribution in [1.82, 2.24) is 4.98 Å². The highest BCUT2D eigenvalue weighted by Gasteiger charge is 2.34. The first-order valence-electron chi connectivity index (χ1n) is 9.63. The Morgan fingerprint density at radius 2 is 1.84 bits per heavy atom. The van der Waals surface area contributed by atoms with Gasteiger partial charge in [0.2, 0.25) is 0 Å². The smallest absolute Gasteiger partial charge is 0.266 e. The molecule has 1 amide bonds. The molecule has 1 aliphatic rings. The van der Waals surface area contributed by atoms with Gasteiger partial charge in [-0.3, -0.25) is 4.79 Å². The summed E-state index contributed by atoms with van der Waals surface area (Å²) >= 11 is 8.79. The minimum absolute atomic E-state index is 0.00618. The molecule has 0 aliphatic carbocycles. The Hall–Kier alpha value is -3.00. The van der Waals surface area contributed by atoms with Gasteiger partial charge in [0, 0.05) is 10.5 Å². The van der Waals surface area contributed by atoms with E-state index >= 15 is 0 Å². The third kappa shape index (κ3) is 3.83. The fourth-order valence-corrected chi connectivity index (χ4v) is 4.88. The number of carbonyl (C=O) groups excluding carboxylic acids is 1. The van der Waals surface area contributed by atoms with Gasteiger partial charge < -0.3 is 0 Å². The summed E-state index contributed by atoms with van der Waals surface area (Å²) in [5, 5.41) is 0.406. The second-order valence-electron chi connectivity index (χ2n) is 6.98. The van der Waals surface area contributed by atoms with Crippen molar-refractivity contribution in [2.24, 2.45) is 4.99 Å². The molecule has 4 nitrogen and oxygen atoms in total. The van der Waals surface area contributed by atoms with Gasteiger partial charge in [-0.15, -0.1) is 11.8 Å². The lowest BCUT2D eigenvalue weighted by Crippen LogP contribution is -2.32. The molecule has 5 rings (SSSR count). The maximum atomic E-state index is 13.9. The van der Waals surface area contributed by atoms with Crippen molar-refractivity contribution < 1.29 is 9.18 Å². The summed E-state index contributed by atoms with van der Waals surface area (Å²) in [4.78, 5) is 25.3. The van der Waals surface area contributed by atoms with Crippen LogP contribution in [0.15, 0.2) is 82.3 Å². The molecule has 0 radical (unpaired) electrons. The molecule has 0 spiro atoms. The van der Waals surface area contributed by atoms with E-state index in [0.29, 0.717) is 26.9 Å². The zero-order valence-electron chi connectivity index (χ0n) is 16.8. The molecular formula is C24H15ClFN3OS2. The third-order valence-corrected chi connectivity index (χ3v) is 6.96. The molecule has 32 heavy (non-hydrogen) atoms. The quantitative estimate of drug-likeness (QED) is 0.243. The molecule has 1 aromatic heterocycles. The monoisotopic (exact) mass is 479 g/mol. The molecule has 0 saturated heterocycles. The number of hydrogen-bond donors (Lipinski definition) is 0. The van der Waals surface area contributed by atoms with Gasteiger partial charge in [-0.25, -0.2) is 19.3 Å². The largest absolute Gasteiger partial charge is 0.284 e. The van der Waals surface area contributed by atoms with E-state index in [1.165, 1.54) is 28.4 Å². The van der Waals surface area contributed by atoms with Crippen LogP contribution in [0.1, 0.15) is 11.1 Å². The summed E-state index contributed by atoms with van der Waals surface area (Å²) < 4.78 is 14.5. The first-order valence-corrected chi connectivity index (χ1v) is 12.1. The number of thioether (sulfide) groups is 1. The molecule has 8 heteroatoms. The number of aromatic nitrogens is 1. The summed E-state index contributed by atoms with van der Waals surface area (Å²) in [5.74, 6) is -0.329. The maximum absolute atomic E-state index is 13.9. The Morgan fingerprint density at radius 3 is 2.56 bits per heavy atom. The van der Waals surface area contributed by atoms with E-state index in [2.05, 4.69) is 9.98 Å². The van der Waals surface area contributed by atoms with E-state index in [1.54, 1.807) is 17.8 Å². The van der Waals surface area contributed by atoms with Gasteiger partial charge in [-0.2, -0.15) is 0 Å². The van der Waals surface area contributed by atoms with Gasteiger partial charge in [0.15, 0.2) is 5.13 Å². The molecule has 1 aliphatic heterocycles. The number of carbonyl (C=O) groups is 1. The lowest BCUT2D eigenvalue weighted by Gasteiger charge is -2.14. The number of benzene rings is 3. The van der Waals surface area contributed by atoms with Crippen LogP contribution in [0.25, 0.3) is 16.3 Å². The molecule has 0 atom stereocenters. The summed E-state index contributed by atoms with van der Waals surface area (Å²) in [5.41, 5.74) is 2.50. The van der Waals surface area contributed by atoms with Crippen LogP contribution >= 0.6 is 34.7 Å². The Balaban J connectivity index is 1.61. The molecule has 0 bridgehead atoms. The number of fused-ring (bicyclic) bond motifs is 1. The predicted molar refractivity (Wildman–Crippen MR) is 131 cm³/mol. The summed E-state index contributed by atoms with van der Waals surface area (Å²) in [7, 11) is 0. The number of thiazole rings is 1. The van der Waals surface area contributed by atoms with Gasteiger partial charge in [0.1, 0.15) is 17.3 Å². The van der Waals surface area contributed by atoms with Gasteiger partial charge in [-0.05, 0) is 42.2 Å². The normalized spacial score (nSPS) is 15.1. The topological polar surface area (TPSA) is 45.6 Å². The number of aliphatic imine (C=N–C) groups is 1. The summed E-state index contributed by atoms with van der Waals surface area (Å²) in [6.45, 7) is 0. The van der Waals surface area contributed by atoms with Crippen LogP contribution in [-0.2, 0) is 4.79 Å². The molecule has 0 unspecified atom stereocenters. The zero-order valence-corrected chi connectivity index (χ0v) is 19.1. The van der Waals surface area contributed by atoms with E-state index in [1.807, 2.05) is 60.9 Å². The van der Waals surface area contributed by atoms with Crippen molar-refractivity contribution in [2.75, 3.05) is 11.2 Å². The Morgan fingerprint density at radius 1 is 1.09 bits per heavy atom. The molecule has 0 saturated carbocycles.